The fourth-order valence-electron chi connectivity index (χ4n) is 2.27. The van der Waals surface area contributed by atoms with Gasteiger partial charge in [-0.05, 0) is 18.2 Å². The molecule has 0 atom stereocenters. The zero-order chi connectivity index (χ0) is 18.0. The van der Waals surface area contributed by atoms with Crippen molar-refractivity contribution in [2.24, 2.45) is 5.10 Å². The van der Waals surface area contributed by atoms with Gasteiger partial charge in [-0.2, -0.15) is 5.10 Å². The minimum absolute atomic E-state index is 0.116. The van der Waals surface area contributed by atoms with Gasteiger partial charge in [-0.1, -0.05) is 6.07 Å². The number of non-ortho nitro benzene ring substituents is 1. The van der Waals surface area contributed by atoms with Crippen molar-refractivity contribution in [3.63, 3.8) is 0 Å². The summed E-state index contributed by atoms with van der Waals surface area (Å²) in [5.74, 6) is 0. The highest BCUT2D eigenvalue weighted by atomic mass is 16.6. The third kappa shape index (κ3) is 2.95. The SMILES string of the molecule is O=C(NN=c1c(=O)c2cccc([N+](=O)[O-])c2c1=O)Nc1ccncc1. The van der Waals surface area contributed by atoms with Gasteiger partial charge in [0.15, 0.2) is 5.36 Å². The van der Waals surface area contributed by atoms with E-state index in [9.17, 15) is 24.5 Å². The molecule has 0 unspecified atom stereocenters. The maximum absolute atomic E-state index is 12.3. The van der Waals surface area contributed by atoms with E-state index < -0.39 is 32.9 Å². The second-order valence-corrected chi connectivity index (χ2v) is 4.88. The molecule has 1 aromatic heterocycles. The van der Waals surface area contributed by atoms with Gasteiger partial charge in [-0.15, -0.1) is 0 Å². The standard InChI is InChI=1S/C15H9N5O5/c21-13-9-2-1-3-10(20(24)25)11(9)14(22)12(13)18-19-15(23)17-8-4-6-16-7-5-8/h1-7H,(H2,16,17,19,23). The van der Waals surface area contributed by atoms with Crippen LogP contribution in [0.25, 0.3) is 10.8 Å². The first kappa shape index (κ1) is 15.9. The lowest BCUT2D eigenvalue weighted by Crippen LogP contribution is -2.36. The van der Waals surface area contributed by atoms with Crippen LogP contribution in [0.4, 0.5) is 16.2 Å². The molecule has 0 saturated heterocycles. The number of carbonyl (C=O) groups excluding carboxylic acids is 1. The zero-order valence-electron chi connectivity index (χ0n) is 12.4. The summed E-state index contributed by atoms with van der Waals surface area (Å²) in [6.45, 7) is 0. The fourth-order valence-corrected chi connectivity index (χ4v) is 2.27. The summed E-state index contributed by atoms with van der Waals surface area (Å²) in [4.78, 5) is 50.3. The number of amides is 2. The molecule has 2 aromatic carbocycles. The van der Waals surface area contributed by atoms with Crippen molar-refractivity contribution in [3.8, 4) is 0 Å². The van der Waals surface area contributed by atoms with Crippen LogP contribution in [-0.4, -0.2) is 15.9 Å². The number of pyridine rings is 1. The highest BCUT2D eigenvalue weighted by Crippen LogP contribution is 2.18. The number of rotatable bonds is 3. The molecule has 0 aliphatic heterocycles. The molecule has 0 bridgehead atoms. The Labute approximate surface area is 138 Å². The Hall–Kier alpha value is -3.95. The van der Waals surface area contributed by atoms with Crippen LogP contribution in [0.1, 0.15) is 0 Å². The lowest BCUT2D eigenvalue weighted by molar-refractivity contribution is -0.383. The second-order valence-electron chi connectivity index (χ2n) is 4.88. The van der Waals surface area contributed by atoms with Crippen LogP contribution in [0.2, 0.25) is 0 Å². The van der Waals surface area contributed by atoms with Crippen LogP contribution in [0.5, 0.6) is 0 Å². The Morgan fingerprint density at radius 2 is 1.84 bits per heavy atom. The van der Waals surface area contributed by atoms with Crippen LogP contribution < -0.4 is 27.0 Å². The summed E-state index contributed by atoms with van der Waals surface area (Å²) in [6, 6.07) is 5.98. The molecule has 2 amide bonds. The Balaban J connectivity index is 1.99. The largest absolute Gasteiger partial charge is 0.339 e. The van der Waals surface area contributed by atoms with Gasteiger partial charge >= 0.3 is 6.03 Å². The van der Waals surface area contributed by atoms with Gasteiger partial charge in [0.05, 0.1) is 4.92 Å². The van der Waals surface area contributed by atoms with Crippen LogP contribution >= 0.6 is 0 Å². The molecule has 0 aliphatic rings. The first-order chi connectivity index (χ1) is 12.0. The molecule has 3 aromatic rings. The average molecular weight is 339 g/mol. The number of nitrogens with one attached hydrogen (secondary N) is 2. The molecule has 10 nitrogen and oxygen atoms in total. The third-order valence-corrected chi connectivity index (χ3v) is 3.35. The predicted molar refractivity (Wildman–Crippen MR) is 87.5 cm³/mol. The van der Waals surface area contributed by atoms with E-state index in [0.29, 0.717) is 5.69 Å². The van der Waals surface area contributed by atoms with Gasteiger partial charge < -0.3 is 5.32 Å². The average Bonchev–Trinajstić information content (AvgIpc) is 2.85. The zero-order valence-corrected chi connectivity index (χ0v) is 12.4. The van der Waals surface area contributed by atoms with Crippen LogP contribution in [0.3, 0.4) is 0 Å². The van der Waals surface area contributed by atoms with Crippen molar-refractivity contribution in [3.05, 3.63) is 78.6 Å². The number of aromatic nitrogens is 1. The molecule has 2 N–H and O–H groups in total. The van der Waals surface area contributed by atoms with E-state index in [1.165, 1.54) is 36.7 Å². The normalized spacial score (nSPS) is 11.4. The van der Waals surface area contributed by atoms with Crippen molar-refractivity contribution in [2.45, 2.75) is 0 Å². The van der Waals surface area contributed by atoms with Gasteiger partial charge in [0.1, 0.15) is 5.39 Å². The molecule has 0 radical (unpaired) electrons. The molecule has 25 heavy (non-hydrogen) atoms. The summed E-state index contributed by atoms with van der Waals surface area (Å²) in [6.07, 6.45) is 2.92. The number of nitrogens with zero attached hydrogens (tertiary/aromatic N) is 3. The summed E-state index contributed by atoms with van der Waals surface area (Å²) in [7, 11) is 0. The summed E-state index contributed by atoms with van der Waals surface area (Å²) in [5, 5.41) is 15.9. The molecule has 0 spiro atoms. The summed E-state index contributed by atoms with van der Waals surface area (Å²) in [5.41, 5.74) is 0.276. The Morgan fingerprint density at radius 1 is 1.12 bits per heavy atom. The molecule has 0 aliphatic carbocycles. The smallest absolute Gasteiger partial charge is 0.306 e. The second kappa shape index (κ2) is 6.28. The van der Waals surface area contributed by atoms with Crippen molar-refractivity contribution >= 4 is 28.2 Å². The number of nitro groups is 1. The number of benzene rings is 1. The fraction of sp³-hybridized carbons (Fsp3) is 0. The molecule has 3 rings (SSSR count). The number of hydrogen-bond acceptors (Lipinski definition) is 7. The topological polar surface area (TPSA) is 144 Å². The maximum Gasteiger partial charge on any atom is 0.339 e. The van der Waals surface area contributed by atoms with E-state index in [4.69, 9.17) is 0 Å². The Morgan fingerprint density at radius 3 is 2.52 bits per heavy atom. The molecular weight excluding hydrogens is 330 g/mol. The van der Waals surface area contributed by atoms with Gasteiger partial charge in [0, 0.05) is 29.5 Å². The van der Waals surface area contributed by atoms with E-state index in [1.54, 1.807) is 0 Å². The van der Waals surface area contributed by atoms with Crippen molar-refractivity contribution in [2.75, 3.05) is 5.32 Å². The third-order valence-electron chi connectivity index (χ3n) is 3.35. The number of fused-ring (bicyclic) bond motifs is 1. The van der Waals surface area contributed by atoms with Gasteiger partial charge in [0.25, 0.3) is 5.69 Å². The minimum atomic E-state index is -0.906. The number of anilines is 1. The lowest BCUT2D eigenvalue weighted by atomic mass is 10.2. The minimum Gasteiger partial charge on any atom is -0.306 e. The lowest BCUT2D eigenvalue weighted by Gasteiger charge is -2.02. The monoisotopic (exact) mass is 339 g/mol. The number of carbonyl (C=O) groups is 1. The number of nitro benzene ring substituents is 1. The Bertz CT molecular complexity index is 1130. The maximum atomic E-state index is 12.3. The van der Waals surface area contributed by atoms with Crippen LogP contribution in [0.15, 0.2) is 57.4 Å². The van der Waals surface area contributed by atoms with Crippen molar-refractivity contribution < 1.29 is 9.72 Å². The predicted octanol–water partition coefficient (Wildman–Crippen LogP) is 0.376. The van der Waals surface area contributed by atoms with Crippen LogP contribution in [-0.2, 0) is 0 Å². The van der Waals surface area contributed by atoms with E-state index in [2.05, 4.69) is 15.4 Å². The molecule has 0 saturated carbocycles. The first-order valence-corrected chi connectivity index (χ1v) is 6.90. The van der Waals surface area contributed by atoms with E-state index in [0.717, 1.165) is 6.07 Å². The summed E-state index contributed by atoms with van der Waals surface area (Å²) < 4.78 is 0. The molecule has 1 heterocycles. The van der Waals surface area contributed by atoms with E-state index >= 15 is 0 Å². The molecule has 124 valence electrons. The van der Waals surface area contributed by atoms with Crippen molar-refractivity contribution in [1.82, 2.24) is 10.4 Å². The highest BCUT2D eigenvalue weighted by Gasteiger charge is 2.20. The number of hydrogen-bond donors (Lipinski definition) is 2. The highest BCUT2D eigenvalue weighted by molar-refractivity contribution is 5.91. The summed E-state index contributed by atoms with van der Waals surface area (Å²) >= 11 is 0. The first-order valence-electron chi connectivity index (χ1n) is 6.90. The number of urea groups is 1. The molecule has 0 fully saturated rings. The van der Waals surface area contributed by atoms with E-state index in [1.807, 2.05) is 5.43 Å². The van der Waals surface area contributed by atoms with Gasteiger partial charge in [-0.3, -0.25) is 24.7 Å². The quantitative estimate of drug-likeness (QED) is 0.521. The molecular formula is C15H9N5O5. The Kier molecular flexibility index (Phi) is 4.00. The van der Waals surface area contributed by atoms with Crippen molar-refractivity contribution in [1.29, 1.82) is 0 Å². The molecule has 10 heteroatoms. The van der Waals surface area contributed by atoms with Gasteiger partial charge in [0.2, 0.25) is 10.9 Å². The van der Waals surface area contributed by atoms with Crippen LogP contribution in [0, 0.1) is 10.1 Å². The van der Waals surface area contributed by atoms with E-state index in [-0.39, 0.29) is 10.8 Å². The van der Waals surface area contributed by atoms with Gasteiger partial charge in [-0.25, -0.2) is 10.2 Å².